The second kappa shape index (κ2) is 4.92. The zero-order valence-corrected chi connectivity index (χ0v) is 10.5. The SMILES string of the molecule is N#Cc1c(-c2ccc(Cl)cc2)[nH]c(C(F)(F)F)c1C#N. The number of aromatic amines is 1. The fourth-order valence-electron chi connectivity index (χ4n) is 1.77. The molecule has 2 rings (SSSR count). The van der Waals surface area contributed by atoms with E-state index >= 15 is 0 Å². The first-order valence-electron chi connectivity index (χ1n) is 5.27. The lowest BCUT2D eigenvalue weighted by Crippen LogP contribution is -2.07. The van der Waals surface area contributed by atoms with E-state index in [2.05, 4.69) is 4.98 Å². The lowest BCUT2D eigenvalue weighted by Gasteiger charge is -2.03. The van der Waals surface area contributed by atoms with Gasteiger partial charge in [-0.3, -0.25) is 0 Å². The van der Waals surface area contributed by atoms with Crippen LogP contribution in [0.4, 0.5) is 13.2 Å². The molecule has 20 heavy (non-hydrogen) atoms. The first-order valence-corrected chi connectivity index (χ1v) is 5.65. The van der Waals surface area contributed by atoms with Crippen LogP contribution in [0, 0.1) is 22.7 Å². The van der Waals surface area contributed by atoms with Crippen LogP contribution in [0.3, 0.4) is 0 Å². The average Bonchev–Trinajstić information content (AvgIpc) is 2.77. The molecule has 0 radical (unpaired) electrons. The first kappa shape index (κ1) is 14.0. The van der Waals surface area contributed by atoms with Crippen molar-refractivity contribution in [1.29, 1.82) is 10.5 Å². The van der Waals surface area contributed by atoms with E-state index in [9.17, 15) is 13.2 Å². The number of H-pyrrole nitrogens is 1. The van der Waals surface area contributed by atoms with E-state index in [-0.39, 0.29) is 11.3 Å². The normalized spacial score (nSPS) is 10.9. The summed E-state index contributed by atoms with van der Waals surface area (Å²) in [6.07, 6.45) is -4.73. The highest BCUT2D eigenvalue weighted by molar-refractivity contribution is 6.30. The van der Waals surface area contributed by atoms with Crippen LogP contribution in [0.25, 0.3) is 11.3 Å². The highest BCUT2D eigenvalue weighted by Gasteiger charge is 2.38. The molecular weight excluding hydrogens is 291 g/mol. The van der Waals surface area contributed by atoms with Gasteiger partial charge in [0.15, 0.2) is 0 Å². The molecule has 3 nitrogen and oxygen atoms in total. The summed E-state index contributed by atoms with van der Waals surface area (Å²) in [6.45, 7) is 0. The number of benzene rings is 1. The maximum Gasteiger partial charge on any atom is 0.432 e. The standard InChI is InChI=1S/C13H5ClF3N3/c14-8-3-1-7(2-4-8)11-9(5-18)10(6-19)12(20-11)13(15,16)17/h1-4,20H. The number of rotatable bonds is 1. The van der Waals surface area contributed by atoms with Gasteiger partial charge >= 0.3 is 6.18 Å². The molecule has 0 aliphatic carbocycles. The molecule has 0 aliphatic rings. The van der Waals surface area contributed by atoms with Gasteiger partial charge in [-0.15, -0.1) is 0 Å². The predicted molar refractivity (Wildman–Crippen MR) is 65.7 cm³/mol. The van der Waals surface area contributed by atoms with Crippen LogP contribution in [-0.4, -0.2) is 4.98 Å². The minimum atomic E-state index is -4.73. The molecule has 100 valence electrons. The first-order chi connectivity index (χ1) is 9.38. The zero-order chi connectivity index (χ0) is 14.9. The van der Waals surface area contributed by atoms with Crippen molar-refractivity contribution in [2.75, 3.05) is 0 Å². The van der Waals surface area contributed by atoms with E-state index in [0.717, 1.165) is 0 Å². The number of alkyl halides is 3. The molecule has 1 N–H and O–H groups in total. The topological polar surface area (TPSA) is 63.4 Å². The van der Waals surface area contributed by atoms with E-state index in [0.29, 0.717) is 10.6 Å². The Balaban J connectivity index is 2.73. The second-order valence-electron chi connectivity index (χ2n) is 3.85. The second-order valence-corrected chi connectivity index (χ2v) is 4.29. The summed E-state index contributed by atoms with van der Waals surface area (Å²) >= 11 is 5.70. The summed E-state index contributed by atoms with van der Waals surface area (Å²) in [5, 5.41) is 18.3. The summed E-state index contributed by atoms with van der Waals surface area (Å²) in [7, 11) is 0. The van der Waals surface area contributed by atoms with Gasteiger partial charge in [0, 0.05) is 5.02 Å². The van der Waals surface area contributed by atoms with Gasteiger partial charge in [0.1, 0.15) is 23.4 Å². The largest absolute Gasteiger partial charge is 0.432 e. The van der Waals surface area contributed by atoms with Crippen molar-refractivity contribution in [3.8, 4) is 23.4 Å². The fraction of sp³-hybridized carbons (Fsp3) is 0.0769. The summed E-state index contributed by atoms with van der Waals surface area (Å²) in [5.41, 5.74) is -1.96. The van der Waals surface area contributed by atoms with Gasteiger partial charge in [0.2, 0.25) is 0 Å². The molecule has 0 saturated carbocycles. The molecule has 2 aromatic rings. The van der Waals surface area contributed by atoms with E-state index in [1.807, 2.05) is 0 Å². The molecule has 1 aromatic heterocycles. The van der Waals surface area contributed by atoms with E-state index in [1.54, 1.807) is 6.07 Å². The Morgan fingerprint density at radius 1 is 1.00 bits per heavy atom. The molecule has 1 aromatic carbocycles. The van der Waals surface area contributed by atoms with Gasteiger partial charge in [-0.2, -0.15) is 23.7 Å². The maximum absolute atomic E-state index is 12.8. The molecule has 0 atom stereocenters. The van der Waals surface area contributed by atoms with Crippen LogP contribution in [0.1, 0.15) is 16.8 Å². The Bertz CT molecular complexity index is 730. The minimum absolute atomic E-state index is 0.0481. The van der Waals surface area contributed by atoms with Crippen molar-refractivity contribution in [3.63, 3.8) is 0 Å². The van der Waals surface area contributed by atoms with Gasteiger partial charge in [0.25, 0.3) is 0 Å². The van der Waals surface area contributed by atoms with Crippen LogP contribution in [0.5, 0.6) is 0 Å². The Labute approximate surface area is 116 Å². The zero-order valence-electron chi connectivity index (χ0n) is 9.72. The average molecular weight is 296 g/mol. The lowest BCUT2D eigenvalue weighted by molar-refractivity contribution is -0.140. The molecule has 0 unspecified atom stereocenters. The molecule has 0 amide bonds. The van der Waals surface area contributed by atoms with E-state index in [4.69, 9.17) is 22.1 Å². The van der Waals surface area contributed by atoms with E-state index < -0.39 is 17.4 Å². The smallest absolute Gasteiger partial charge is 0.349 e. The summed E-state index contributed by atoms with van der Waals surface area (Å²) in [4.78, 5) is 2.11. The van der Waals surface area contributed by atoms with Gasteiger partial charge < -0.3 is 4.98 Å². The summed E-state index contributed by atoms with van der Waals surface area (Å²) < 4.78 is 38.5. The van der Waals surface area contributed by atoms with Crippen LogP contribution in [0.2, 0.25) is 5.02 Å². The Morgan fingerprint density at radius 2 is 1.55 bits per heavy atom. The van der Waals surface area contributed by atoms with Gasteiger partial charge in [-0.1, -0.05) is 23.7 Å². The Morgan fingerprint density at radius 3 is 2.00 bits per heavy atom. The summed E-state index contributed by atoms with van der Waals surface area (Å²) in [6, 6.07) is 8.96. The number of nitrogens with zero attached hydrogens (tertiary/aromatic N) is 2. The number of nitrogens with one attached hydrogen (secondary N) is 1. The van der Waals surface area contributed by atoms with Crippen molar-refractivity contribution < 1.29 is 13.2 Å². The van der Waals surface area contributed by atoms with Crippen molar-refractivity contribution >= 4 is 11.6 Å². The maximum atomic E-state index is 12.8. The molecule has 0 bridgehead atoms. The molecule has 1 heterocycles. The highest BCUT2D eigenvalue weighted by Crippen LogP contribution is 2.37. The Hall–Kier alpha value is -2.44. The molecule has 7 heteroatoms. The van der Waals surface area contributed by atoms with E-state index in [1.165, 1.54) is 30.3 Å². The third-order valence-corrected chi connectivity index (χ3v) is 2.89. The quantitative estimate of drug-likeness (QED) is 0.861. The van der Waals surface area contributed by atoms with Crippen molar-refractivity contribution in [1.82, 2.24) is 4.98 Å². The lowest BCUT2D eigenvalue weighted by atomic mass is 10.1. The molecule has 0 fully saturated rings. The predicted octanol–water partition coefficient (Wildman–Crippen LogP) is 4.10. The number of hydrogen-bond acceptors (Lipinski definition) is 2. The van der Waals surface area contributed by atoms with Gasteiger partial charge in [-0.25, -0.2) is 0 Å². The number of aromatic nitrogens is 1. The minimum Gasteiger partial charge on any atom is -0.349 e. The summed E-state index contributed by atoms with van der Waals surface area (Å²) in [5.74, 6) is 0. The van der Waals surface area contributed by atoms with Crippen LogP contribution in [-0.2, 0) is 6.18 Å². The molecule has 0 aliphatic heterocycles. The van der Waals surface area contributed by atoms with Crippen LogP contribution in [0.15, 0.2) is 24.3 Å². The third-order valence-electron chi connectivity index (χ3n) is 2.64. The highest BCUT2D eigenvalue weighted by atomic mass is 35.5. The Kier molecular flexibility index (Phi) is 3.44. The van der Waals surface area contributed by atoms with Crippen LogP contribution >= 0.6 is 11.6 Å². The van der Waals surface area contributed by atoms with Gasteiger partial charge in [0.05, 0.1) is 11.3 Å². The number of hydrogen-bond donors (Lipinski definition) is 1. The van der Waals surface area contributed by atoms with Crippen molar-refractivity contribution in [2.45, 2.75) is 6.18 Å². The number of nitriles is 2. The molecular formula is C13H5ClF3N3. The molecule has 0 spiro atoms. The monoisotopic (exact) mass is 295 g/mol. The third kappa shape index (κ3) is 2.34. The molecule has 0 saturated heterocycles. The van der Waals surface area contributed by atoms with Gasteiger partial charge in [-0.05, 0) is 17.7 Å². The van der Waals surface area contributed by atoms with Crippen molar-refractivity contribution in [3.05, 3.63) is 46.1 Å². The van der Waals surface area contributed by atoms with Crippen molar-refractivity contribution in [2.24, 2.45) is 0 Å². The number of halogens is 4. The van der Waals surface area contributed by atoms with Crippen LogP contribution < -0.4 is 0 Å². The fourth-order valence-corrected chi connectivity index (χ4v) is 1.90.